The van der Waals surface area contributed by atoms with Gasteiger partial charge in [-0.2, -0.15) is 0 Å². The van der Waals surface area contributed by atoms with E-state index in [0.717, 1.165) is 50.4 Å². The standard InChI is InChI=1S/C25H18N2O3S/c1-30-17-12-10-16(11-13-17)14-23-24(28)27(25(29)31-23)15-20-18-6-2-4-8-21(18)26-22-9-5-3-7-19(20)22/h2-14H,15H2,1H3/b23-14+. The summed E-state index contributed by atoms with van der Waals surface area (Å²) >= 11 is 0.968. The molecule has 5 nitrogen and oxygen atoms in total. The van der Waals surface area contributed by atoms with Crippen LogP contribution in [0.3, 0.4) is 0 Å². The summed E-state index contributed by atoms with van der Waals surface area (Å²) in [5, 5.41) is 1.62. The molecule has 0 atom stereocenters. The van der Waals surface area contributed by atoms with Crippen LogP contribution in [0.25, 0.3) is 27.9 Å². The van der Waals surface area contributed by atoms with Gasteiger partial charge in [0.05, 0.1) is 29.6 Å². The van der Waals surface area contributed by atoms with Crippen molar-refractivity contribution in [1.82, 2.24) is 9.88 Å². The zero-order valence-electron chi connectivity index (χ0n) is 16.7. The molecular formula is C25H18N2O3S. The van der Waals surface area contributed by atoms with Crippen LogP contribution in [0.4, 0.5) is 4.79 Å². The number of aromatic nitrogens is 1. The molecule has 1 aromatic heterocycles. The molecule has 1 aliphatic heterocycles. The van der Waals surface area contributed by atoms with Crippen molar-refractivity contribution < 1.29 is 14.3 Å². The van der Waals surface area contributed by atoms with Crippen molar-refractivity contribution in [2.24, 2.45) is 0 Å². The number of para-hydroxylation sites is 2. The fraction of sp³-hybridized carbons (Fsp3) is 0.0800. The molecule has 0 spiro atoms. The van der Waals surface area contributed by atoms with Gasteiger partial charge in [-0.15, -0.1) is 0 Å². The number of imide groups is 1. The van der Waals surface area contributed by atoms with E-state index in [-0.39, 0.29) is 17.7 Å². The lowest BCUT2D eigenvalue weighted by Gasteiger charge is -2.16. The molecule has 0 N–H and O–H groups in total. The number of fused-ring (bicyclic) bond motifs is 2. The number of carbonyl (C=O) groups is 2. The lowest BCUT2D eigenvalue weighted by atomic mass is 10.0. The van der Waals surface area contributed by atoms with Gasteiger partial charge < -0.3 is 4.74 Å². The van der Waals surface area contributed by atoms with E-state index in [1.54, 1.807) is 13.2 Å². The van der Waals surface area contributed by atoms with Crippen molar-refractivity contribution in [2.75, 3.05) is 7.11 Å². The van der Waals surface area contributed by atoms with Gasteiger partial charge in [0, 0.05) is 10.8 Å². The largest absolute Gasteiger partial charge is 0.497 e. The van der Waals surface area contributed by atoms with E-state index >= 15 is 0 Å². The number of methoxy groups -OCH3 is 1. The Hall–Kier alpha value is -3.64. The zero-order valence-corrected chi connectivity index (χ0v) is 17.6. The fourth-order valence-corrected chi connectivity index (χ4v) is 4.58. The molecule has 3 aromatic carbocycles. The number of pyridine rings is 1. The highest BCUT2D eigenvalue weighted by molar-refractivity contribution is 8.18. The molecule has 2 heterocycles. The molecule has 4 aromatic rings. The predicted octanol–water partition coefficient (Wildman–Crippen LogP) is 5.63. The number of carbonyl (C=O) groups excluding carboxylic acids is 2. The minimum absolute atomic E-state index is 0.203. The summed E-state index contributed by atoms with van der Waals surface area (Å²) in [6.45, 7) is 0.203. The van der Waals surface area contributed by atoms with Crippen LogP contribution in [0, 0.1) is 0 Å². The molecule has 0 radical (unpaired) electrons. The van der Waals surface area contributed by atoms with Crippen LogP contribution in [0.1, 0.15) is 11.1 Å². The van der Waals surface area contributed by atoms with Gasteiger partial charge in [0.1, 0.15) is 5.75 Å². The molecule has 0 aliphatic carbocycles. The number of benzene rings is 3. The summed E-state index contributed by atoms with van der Waals surface area (Å²) in [6.07, 6.45) is 1.74. The second-order valence-electron chi connectivity index (χ2n) is 7.17. The lowest BCUT2D eigenvalue weighted by molar-refractivity contribution is -0.123. The molecule has 152 valence electrons. The number of amides is 2. The average molecular weight is 426 g/mol. The highest BCUT2D eigenvalue weighted by Gasteiger charge is 2.35. The number of nitrogens with zero attached hydrogens (tertiary/aromatic N) is 2. The van der Waals surface area contributed by atoms with E-state index in [2.05, 4.69) is 0 Å². The van der Waals surface area contributed by atoms with E-state index in [4.69, 9.17) is 9.72 Å². The van der Waals surface area contributed by atoms with Gasteiger partial charge >= 0.3 is 0 Å². The molecule has 0 unspecified atom stereocenters. The Morgan fingerprint density at radius 1 is 0.903 bits per heavy atom. The van der Waals surface area contributed by atoms with Gasteiger partial charge in [0.2, 0.25) is 0 Å². The summed E-state index contributed by atoms with van der Waals surface area (Å²) in [5.74, 6) is 0.456. The van der Waals surface area contributed by atoms with Crippen LogP contribution in [0.5, 0.6) is 5.75 Å². The molecule has 2 amide bonds. The molecule has 1 saturated heterocycles. The number of hydrogen-bond donors (Lipinski definition) is 0. The molecule has 31 heavy (non-hydrogen) atoms. The van der Waals surface area contributed by atoms with Crippen molar-refractivity contribution in [2.45, 2.75) is 6.54 Å². The maximum atomic E-state index is 13.1. The minimum Gasteiger partial charge on any atom is -0.497 e. The van der Waals surface area contributed by atoms with E-state index in [9.17, 15) is 9.59 Å². The van der Waals surface area contributed by atoms with Crippen molar-refractivity contribution in [3.63, 3.8) is 0 Å². The van der Waals surface area contributed by atoms with Crippen LogP contribution in [-0.2, 0) is 11.3 Å². The second kappa shape index (κ2) is 7.89. The molecule has 0 saturated carbocycles. The van der Waals surface area contributed by atoms with E-state index in [1.807, 2.05) is 72.8 Å². The van der Waals surface area contributed by atoms with Crippen molar-refractivity contribution >= 4 is 50.8 Å². The Morgan fingerprint density at radius 3 is 2.13 bits per heavy atom. The lowest BCUT2D eigenvalue weighted by Crippen LogP contribution is -2.27. The third kappa shape index (κ3) is 3.55. The first-order valence-corrected chi connectivity index (χ1v) is 10.6. The maximum Gasteiger partial charge on any atom is 0.293 e. The Morgan fingerprint density at radius 2 is 1.52 bits per heavy atom. The average Bonchev–Trinajstić information content (AvgIpc) is 3.06. The molecule has 5 rings (SSSR count). The zero-order chi connectivity index (χ0) is 21.4. The first-order chi connectivity index (χ1) is 15.1. The van der Waals surface area contributed by atoms with Gasteiger partial charge in [-0.1, -0.05) is 48.5 Å². The SMILES string of the molecule is COc1ccc(/C=C2/SC(=O)N(Cc3c4ccccc4nc4ccccc34)C2=O)cc1. The normalized spacial score (nSPS) is 15.4. The van der Waals surface area contributed by atoms with Crippen molar-refractivity contribution in [3.05, 3.63) is 88.8 Å². The van der Waals surface area contributed by atoms with Gasteiger partial charge in [-0.05, 0) is 53.2 Å². The summed E-state index contributed by atoms with van der Waals surface area (Å²) in [7, 11) is 1.60. The second-order valence-corrected chi connectivity index (χ2v) is 8.16. The third-order valence-corrected chi connectivity index (χ3v) is 6.21. The van der Waals surface area contributed by atoms with Gasteiger partial charge in [0.25, 0.3) is 11.1 Å². The Bertz CT molecular complexity index is 1310. The number of ether oxygens (including phenoxy) is 1. The van der Waals surface area contributed by atoms with E-state index < -0.39 is 0 Å². The van der Waals surface area contributed by atoms with Crippen LogP contribution in [0.2, 0.25) is 0 Å². The van der Waals surface area contributed by atoms with Gasteiger partial charge in [-0.25, -0.2) is 4.98 Å². The van der Waals surface area contributed by atoms with Gasteiger partial charge in [0.15, 0.2) is 0 Å². The molecule has 0 bridgehead atoms. The number of hydrogen-bond acceptors (Lipinski definition) is 5. The Kier molecular flexibility index (Phi) is 4.92. The topological polar surface area (TPSA) is 59.5 Å². The molecule has 1 aliphatic rings. The first kappa shape index (κ1) is 19.3. The van der Waals surface area contributed by atoms with Crippen molar-refractivity contribution in [3.8, 4) is 5.75 Å². The highest BCUT2D eigenvalue weighted by Crippen LogP contribution is 2.35. The minimum atomic E-state index is -0.282. The van der Waals surface area contributed by atoms with E-state index in [0.29, 0.717) is 4.91 Å². The summed E-state index contributed by atoms with van der Waals surface area (Å²) < 4.78 is 5.17. The quantitative estimate of drug-likeness (QED) is 0.312. The number of rotatable bonds is 4. The summed E-state index contributed by atoms with van der Waals surface area (Å²) in [6, 6.07) is 23.0. The monoisotopic (exact) mass is 426 g/mol. The third-order valence-electron chi connectivity index (χ3n) is 5.30. The summed E-state index contributed by atoms with van der Waals surface area (Å²) in [4.78, 5) is 32.3. The van der Waals surface area contributed by atoms with Crippen LogP contribution >= 0.6 is 11.8 Å². The smallest absolute Gasteiger partial charge is 0.293 e. The Labute approximate surface area is 183 Å². The first-order valence-electron chi connectivity index (χ1n) is 9.80. The van der Waals surface area contributed by atoms with Crippen molar-refractivity contribution in [1.29, 1.82) is 0 Å². The Balaban J connectivity index is 1.52. The van der Waals surface area contributed by atoms with Gasteiger partial charge in [-0.3, -0.25) is 14.5 Å². The van der Waals surface area contributed by atoms with E-state index in [1.165, 1.54) is 4.90 Å². The number of thioether (sulfide) groups is 1. The highest BCUT2D eigenvalue weighted by atomic mass is 32.2. The maximum absolute atomic E-state index is 13.1. The van der Waals surface area contributed by atoms with Crippen LogP contribution in [0.15, 0.2) is 77.7 Å². The molecule has 1 fully saturated rings. The molecule has 6 heteroatoms. The van der Waals surface area contributed by atoms with Crippen LogP contribution < -0.4 is 4.74 Å². The predicted molar refractivity (Wildman–Crippen MR) is 124 cm³/mol. The molecular weight excluding hydrogens is 408 g/mol. The van der Waals surface area contributed by atoms with Crippen LogP contribution in [-0.4, -0.2) is 28.1 Å². The fourth-order valence-electron chi connectivity index (χ4n) is 3.74. The summed E-state index contributed by atoms with van der Waals surface area (Å²) in [5.41, 5.74) is 3.45.